The van der Waals surface area contributed by atoms with Crippen LogP contribution in [-0.2, 0) is 24.2 Å². The number of carbonyl (C=O) groups excluding carboxylic acids is 1. The highest BCUT2D eigenvalue weighted by Gasteiger charge is 2.19. The number of amides is 1. The first-order valence-corrected chi connectivity index (χ1v) is 10.5. The lowest BCUT2D eigenvalue weighted by Gasteiger charge is -2.20. The van der Waals surface area contributed by atoms with E-state index >= 15 is 0 Å². The summed E-state index contributed by atoms with van der Waals surface area (Å²) in [6.45, 7) is 4.85. The highest BCUT2D eigenvalue weighted by molar-refractivity contribution is 5.81. The van der Waals surface area contributed by atoms with Crippen LogP contribution in [-0.4, -0.2) is 25.7 Å². The summed E-state index contributed by atoms with van der Waals surface area (Å²) in [6.07, 6.45) is 4.80. The summed E-state index contributed by atoms with van der Waals surface area (Å²) in [5.74, 6) is 2.03. The van der Waals surface area contributed by atoms with Crippen molar-refractivity contribution in [2.45, 2.75) is 58.6 Å². The van der Waals surface area contributed by atoms with Gasteiger partial charge in [0.05, 0.1) is 13.7 Å². The molecule has 5 nitrogen and oxygen atoms in total. The molecular formula is C24H31NO4. The third-order valence-corrected chi connectivity index (χ3v) is 5.26. The largest absolute Gasteiger partial charge is 0.493 e. The van der Waals surface area contributed by atoms with Gasteiger partial charge in [-0.25, -0.2) is 0 Å². The molecule has 0 heterocycles. The number of ether oxygens (including phenoxy) is 3. The van der Waals surface area contributed by atoms with Crippen LogP contribution in [0.25, 0.3) is 0 Å². The number of hydrogen-bond acceptors (Lipinski definition) is 4. The Kier molecular flexibility index (Phi) is 7.39. The van der Waals surface area contributed by atoms with Crippen LogP contribution in [0.2, 0.25) is 0 Å². The maximum absolute atomic E-state index is 12.7. The van der Waals surface area contributed by atoms with E-state index in [1.807, 2.05) is 38.1 Å². The van der Waals surface area contributed by atoms with Gasteiger partial charge >= 0.3 is 0 Å². The molecule has 0 fully saturated rings. The van der Waals surface area contributed by atoms with Crippen molar-refractivity contribution in [3.63, 3.8) is 0 Å². The summed E-state index contributed by atoms with van der Waals surface area (Å²) in [4.78, 5) is 12.7. The van der Waals surface area contributed by atoms with Gasteiger partial charge in [-0.15, -0.1) is 0 Å². The summed E-state index contributed by atoms with van der Waals surface area (Å²) < 4.78 is 16.9. The molecule has 0 saturated heterocycles. The van der Waals surface area contributed by atoms with E-state index < -0.39 is 6.10 Å². The van der Waals surface area contributed by atoms with Crippen molar-refractivity contribution >= 4 is 5.91 Å². The first kappa shape index (κ1) is 21.0. The fourth-order valence-corrected chi connectivity index (χ4v) is 3.67. The van der Waals surface area contributed by atoms with E-state index in [2.05, 4.69) is 17.4 Å². The molecule has 3 rings (SSSR count). The van der Waals surface area contributed by atoms with Gasteiger partial charge < -0.3 is 19.5 Å². The van der Waals surface area contributed by atoms with Crippen LogP contribution in [0.1, 0.15) is 49.8 Å². The number of fused-ring (bicyclic) bond motifs is 1. The number of nitrogens with one attached hydrogen (secondary N) is 1. The Labute approximate surface area is 173 Å². The summed E-state index contributed by atoms with van der Waals surface area (Å²) >= 11 is 0. The molecular weight excluding hydrogens is 366 g/mol. The predicted octanol–water partition coefficient (Wildman–Crippen LogP) is 4.45. The van der Waals surface area contributed by atoms with Crippen LogP contribution in [0, 0.1) is 0 Å². The lowest BCUT2D eigenvalue weighted by molar-refractivity contribution is -0.128. The first-order chi connectivity index (χ1) is 14.1. The summed E-state index contributed by atoms with van der Waals surface area (Å²) in [7, 11) is 1.61. The quantitative estimate of drug-likeness (QED) is 0.679. The third-order valence-electron chi connectivity index (χ3n) is 5.26. The zero-order valence-corrected chi connectivity index (χ0v) is 17.6. The molecule has 0 aliphatic heterocycles. The van der Waals surface area contributed by atoms with Gasteiger partial charge in [-0.2, -0.15) is 0 Å². The molecule has 1 amide bonds. The Bertz CT molecular complexity index is 834. The minimum absolute atomic E-state index is 0.112. The number of aryl methyl sites for hydroxylation is 2. The monoisotopic (exact) mass is 397 g/mol. The molecule has 0 bridgehead atoms. The standard InChI is InChI=1S/C24H31NO4/c1-4-21(29-20-12-11-18-8-6-7-9-19(18)15-20)24(26)25-16-17-10-13-22(27-3)23(14-17)28-5-2/h10-15,21H,4-9,16H2,1-3H3,(H,25,26)/t21-/m1/s1. The topological polar surface area (TPSA) is 56.8 Å². The normalized spacial score (nSPS) is 13.9. The van der Waals surface area contributed by atoms with Crippen molar-refractivity contribution in [1.82, 2.24) is 5.32 Å². The lowest BCUT2D eigenvalue weighted by atomic mass is 9.92. The summed E-state index contributed by atoms with van der Waals surface area (Å²) in [6, 6.07) is 11.9. The van der Waals surface area contributed by atoms with Crippen molar-refractivity contribution in [3.05, 3.63) is 53.1 Å². The van der Waals surface area contributed by atoms with Crippen LogP contribution >= 0.6 is 0 Å². The fourth-order valence-electron chi connectivity index (χ4n) is 3.67. The molecule has 1 aliphatic rings. The third kappa shape index (κ3) is 5.43. The molecule has 156 valence electrons. The highest BCUT2D eigenvalue weighted by Crippen LogP contribution is 2.28. The van der Waals surface area contributed by atoms with E-state index in [0.29, 0.717) is 31.1 Å². The smallest absolute Gasteiger partial charge is 0.261 e. The molecule has 1 atom stereocenters. The fraction of sp³-hybridized carbons (Fsp3) is 0.458. The van der Waals surface area contributed by atoms with Crippen molar-refractivity contribution < 1.29 is 19.0 Å². The van der Waals surface area contributed by atoms with Crippen LogP contribution in [0.4, 0.5) is 0 Å². The number of carbonyl (C=O) groups is 1. The minimum Gasteiger partial charge on any atom is -0.493 e. The van der Waals surface area contributed by atoms with E-state index in [0.717, 1.165) is 24.2 Å². The van der Waals surface area contributed by atoms with Gasteiger partial charge in [0.15, 0.2) is 17.6 Å². The van der Waals surface area contributed by atoms with Crippen LogP contribution in [0.5, 0.6) is 17.2 Å². The van der Waals surface area contributed by atoms with E-state index in [1.54, 1.807) is 7.11 Å². The lowest BCUT2D eigenvalue weighted by Crippen LogP contribution is -2.37. The minimum atomic E-state index is -0.513. The van der Waals surface area contributed by atoms with Crippen LogP contribution < -0.4 is 19.5 Å². The molecule has 0 spiro atoms. The van der Waals surface area contributed by atoms with Crippen molar-refractivity contribution in [2.24, 2.45) is 0 Å². The van der Waals surface area contributed by atoms with E-state index in [1.165, 1.54) is 24.0 Å². The maximum atomic E-state index is 12.7. The van der Waals surface area contributed by atoms with E-state index in [4.69, 9.17) is 14.2 Å². The first-order valence-electron chi connectivity index (χ1n) is 10.5. The van der Waals surface area contributed by atoms with Crippen LogP contribution in [0.15, 0.2) is 36.4 Å². The average molecular weight is 398 g/mol. The molecule has 2 aromatic carbocycles. The van der Waals surface area contributed by atoms with Crippen LogP contribution in [0.3, 0.4) is 0 Å². The summed E-state index contributed by atoms with van der Waals surface area (Å²) in [5, 5.41) is 2.98. The van der Waals surface area contributed by atoms with Crippen molar-refractivity contribution in [1.29, 1.82) is 0 Å². The van der Waals surface area contributed by atoms with Gasteiger partial charge in [0.25, 0.3) is 5.91 Å². The van der Waals surface area contributed by atoms with Gasteiger partial charge in [-0.1, -0.05) is 19.1 Å². The van der Waals surface area contributed by atoms with Gasteiger partial charge in [0.1, 0.15) is 5.75 Å². The number of rotatable bonds is 9. The Morgan fingerprint density at radius 2 is 1.83 bits per heavy atom. The van der Waals surface area contributed by atoms with Crippen molar-refractivity contribution in [2.75, 3.05) is 13.7 Å². The second-order valence-corrected chi connectivity index (χ2v) is 7.29. The molecule has 0 radical (unpaired) electrons. The number of hydrogen-bond donors (Lipinski definition) is 1. The number of methoxy groups -OCH3 is 1. The Balaban J connectivity index is 1.61. The molecule has 1 aliphatic carbocycles. The SMILES string of the molecule is CCOc1cc(CNC(=O)[C@@H](CC)Oc2ccc3c(c2)CCCC3)ccc1OC. The molecule has 5 heteroatoms. The molecule has 1 N–H and O–H groups in total. The number of benzene rings is 2. The Morgan fingerprint density at radius 1 is 1.03 bits per heavy atom. The highest BCUT2D eigenvalue weighted by atomic mass is 16.5. The van der Waals surface area contributed by atoms with E-state index in [-0.39, 0.29) is 5.91 Å². The second kappa shape index (κ2) is 10.2. The Morgan fingerprint density at radius 3 is 2.55 bits per heavy atom. The second-order valence-electron chi connectivity index (χ2n) is 7.29. The molecule has 29 heavy (non-hydrogen) atoms. The van der Waals surface area contributed by atoms with Crippen molar-refractivity contribution in [3.8, 4) is 17.2 Å². The van der Waals surface area contributed by atoms with E-state index in [9.17, 15) is 4.79 Å². The van der Waals surface area contributed by atoms with Gasteiger partial charge in [0, 0.05) is 6.54 Å². The maximum Gasteiger partial charge on any atom is 0.261 e. The molecule has 0 unspecified atom stereocenters. The van der Waals surface area contributed by atoms with Gasteiger partial charge in [-0.3, -0.25) is 4.79 Å². The zero-order valence-electron chi connectivity index (χ0n) is 17.6. The summed E-state index contributed by atoms with van der Waals surface area (Å²) in [5.41, 5.74) is 3.71. The zero-order chi connectivity index (χ0) is 20.6. The molecule has 2 aromatic rings. The molecule has 0 aromatic heterocycles. The molecule has 0 saturated carbocycles. The average Bonchev–Trinajstić information content (AvgIpc) is 2.76. The van der Waals surface area contributed by atoms with Gasteiger partial charge in [-0.05, 0) is 80.0 Å². The Hall–Kier alpha value is -2.69. The van der Waals surface area contributed by atoms with Gasteiger partial charge in [0.2, 0.25) is 0 Å². The predicted molar refractivity (Wildman–Crippen MR) is 114 cm³/mol.